The van der Waals surface area contributed by atoms with E-state index in [1.165, 1.54) is 0 Å². The van der Waals surface area contributed by atoms with Gasteiger partial charge in [-0.05, 0) is 30.5 Å². The van der Waals surface area contributed by atoms with Gasteiger partial charge < -0.3 is 5.11 Å². The van der Waals surface area contributed by atoms with Crippen LogP contribution in [0.1, 0.15) is 30.1 Å². The van der Waals surface area contributed by atoms with Crippen LogP contribution in [0.2, 0.25) is 0 Å². The molecule has 0 fully saturated rings. The molecule has 0 aliphatic rings. The molecule has 1 rings (SSSR count). The molecule has 1 atom stereocenters. The summed E-state index contributed by atoms with van der Waals surface area (Å²) in [5.41, 5.74) is 1.41. The summed E-state index contributed by atoms with van der Waals surface area (Å²) in [5, 5.41) is 9.58. The molecule has 0 aliphatic carbocycles. The average molecular weight is 297 g/mol. The van der Waals surface area contributed by atoms with Crippen LogP contribution in [0, 0.1) is 6.92 Å². The van der Waals surface area contributed by atoms with Gasteiger partial charge in [0.2, 0.25) is 0 Å². The number of alkyl halides is 3. The predicted molar refractivity (Wildman–Crippen MR) is 59.1 cm³/mol. The summed E-state index contributed by atoms with van der Waals surface area (Å²) in [6.07, 6.45) is -6.55. The van der Waals surface area contributed by atoms with E-state index in [9.17, 15) is 18.3 Å². The SMILES string of the molecule is Cc1cc(C(O)CCC(F)(F)F)ccc1Br. The highest BCUT2D eigenvalue weighted by Gasteiger charge is 2.28. The molecule has 0 bridgehead atoms. The van der Waals surface area contributed by atoms with Crippen molar-refractivity contribution in [2.75, 3.05) is 0 Å². The van der Waals surface area contributed by atoms with Crippen molar-refractivity contribution in [2.24, 2.45) is 0 Å². The van der Waals surface area contributed by atoms with Crippen molar-refractivity contribution in [3.8, 4) is 0 Å². The van der Waals surface area contributed by atoms with E-state index in [1.807, 2.05) is 6.92 Å². The lowest BCUT2D eigenvalue weighted by Gasteiger charge is -2.13. The summed E-state index contributed by atoms with van der Waals surface area (Å²) in [4.78, 5) is 0. The number of rotatable bonds is 3. The Balaban J connectivity index is 2.66. The largest absolute Gasteiger partial charge is 0.389 e. The molecule has 0 saturated heterocycles. The van der Waals surface area contributed by atoms with E-state index in [-0.39, 0.29) is 6.42 Å². The topological polar surface area (TPSA) is 20.2 Å². The normalized spacial score (nSPS) is 13.9. The minimum absolute atomic E-state index is 0.301. The molecular weight excluding hydrogens is 285 g/mol. The molecule has 1 aromatic rings. The minimum atomic E-state index is -4.22. The van der Waals surface area contributed by atoms with Crippen molar-refractivity contribution in [1.82, 2.24) is 0 Å². The summed E-state index contributed by atoms with van der Waals surface area (Å²) in [6, 6.07) is 5.03. The van der Waals surface area contributed by atoms with Gasteiger partial charge in [-0.3, -0.25) is 0 Å². The van der Waals surface area contributed by atoms with Gasteiger partial charge >= 0.3 is 6.18 Å². The van der Waals surface area contributed by atoms with E-state index < -0.39 is 18.7 Å². The molecule has 0 aromatic heterocycles. The Hall–Kier alpha value is -0.550. The van der Waals surface area contributed by atoms with Crippen LogP contribution >= 0.6 is 15.9 Å². The zero-order valence-electron chi connectivity index (χ0n) is 8.68. The summed E-state index contributed by atoms with van der Waals surface area (Å²) in [7, 11) is 0. The monoisotopic (exact) mass is 296 g/mol. The summed E-state index contributed by atoms with van der Waals surface area (Å²) < 4.78 is 36.7. The van der Waals surface area contributed by atoms with E-state index >= 15 is 0 Å². The molecule has 1 nitrogen and oxygen atoms in total. The molecule has 0 spiro atoms. The van der Waals surface area contributed by atoms with Gasteiger partial charge in [0.25, 0.3) is 0 Å². The fraction of sp³-hybridized carbons (Fsp3) is 0.455. The van der Waals surface area contributed by atoms with E-state index in [4.69, 9.17) is 0 Å². The number of hydrogen-bond donors (Lipinski definition) is 1. The predicted octanol–water partition coefficient (Wildman–Crippen LogP) is 4.13. The van der Waals surface area contributed by atoms with Gasteiger partial charge in [-0.1, -0.05) is 28.1 Å². The van der Waals surface area contributed by atoms with Gasteiger partial charge in [0.15, 0.2) is 0 Å². The molecule has 1 N–H and O–H groups in total. The highest BCUT2D eigenvalue weighted by Crippen LogP contribution is 2.29. The second-order valence-corrected chi connectivity index (χ2v) is 4.53. The maximum atomic E-state index is 12.0. The molecule has 0 aliphatic heterocycles. The van der Waals surface area contributed by atoms with Crippen molar-refractivity contribution in [1.29, 1.82) is 0 Å². The van der Waals surface area contributed by atoms with Gasteiger partial charge in [-0.15, -0.1) is 0 Å². The van der Waals surface area contributed by atoms with Gasteiger partial charge in [0.05, 0.1) is 6.10 Å². The highest BCUT2D eigenvalue weighted by atomic mass is 79.9. The Kier molecular flexibility index (Phi) is 4.38. The van der Waals surface area contributed by atoms with Crippen molar-refractivity contribution < 1.29 is 18.3 Å². The number of benzene rings is 1. The quantitative estimate of drug-likeness (QED) is 0.889. The fourth-order valence-corrected chi connectivity index (χ4v) is 1.59. The van der Waals surface area contributed by atoms with Crippen LogP contribution in [-0.4, -0.2) is 11.3 Å². The van der Waals surface area contributed by atoms with Gasteiger partial charge in [0, 0.05) is 10.9 Å². The summed E-state index contributed by atoms with van der Waals surface area (Å²) in [6.45, 7) is 1.82. The second kappa shape index (κ2) is 5.19. The van der Waals surface area contributed by atoms with Crippen LogP contribution in [0.3, 0.4) is 0 Å². The molecule has 0 amide bonds. The number of hydrogen-bond acceptors (Lipinski definition) is 1. The first kappa shape index (κ1) is 13.5. The van der Waals surface area contributed by atoms with Crippen LogP contribution in [0.5, 0.6) is 0 Å². The molecule has 90 valence electrons. The Labute approximate surface area is 100 Å². The molecular formula is C11H12BrF3O. The van der Waals surface area contributed by atoms with Gasteiger partial charge in [-0.2, -0.15) is 13.2 Å². The first-order valence-electron chi connectivity index (χ1n) is 4.80. The summed E-state index contributed by atoms with van der Waals surface area (Å²) >= 11 is 3.29. The Bertz CT molecular complexity index is 363. The van der Waals surface area contributed by atoms with E-state index in [0.717, 1.165) is 10.0 Å². The van der Waals surface area contributed by atoms with E-state index in [0.29, 0.717) is 5.56 Å². The zero-order chi connectivity index (χ0) is 12.3. The molecule has 0 saturated carbocycles. The molecule has 1 aromatic carbocycles. The van der Waals surface area contributed by atoms with Crippen LogP contribution in [0.4, 0.5) is 13.2 Å². The summed E-state index contributed by atoms with van der Waals surface area (Å²) in [5.74, 6) is 0. The smallest absolute Gasteiger partial charge is 0.388 e. The molecule has 1 unspecified atom stereocenters. The minimum Gasteiger partial charge on any atom is -0.388 e. The first-order valence-corrected chi connectivity index (χ1v) is 5.60. The third-order valence-electron chi connectivity index (χ3n) is 2.27. The molecule has 16 heavy (non-hydrogen) atoms. The third-order valence-corrected chi connectivity index (χ3v) is 3.16. The Morgan fingerprint density at radius 2 is 2.00 bits per heavy atom. The number of aryl methyl sites for hydroxylation is 1. The maximum Gasteiger partial charge on any atom is 0.389 e. The van der Waals surface area contributed by atoms with E-state index in [2.05, 4.69) is 15.9 Å². The van der Waals surface area contributed by atoms with Crippen molar-refractivity contribution >= 4 is 15.9 Å². The first-order chi connectivity index (χ1) is 7.29. The zero-order valence-corrected chi connectivity index (χ0v) is 10.3. The molecule has 0 heterocycles. The number of aliphatic hydroxyl groups is 1. The Morgan fingerprint density at radius 1 is 1.38 bits per heavy atom. The van der Waals surface area contributed by atoms with Crippen molar-refractivity contribution in [2.45, 2.75) is 32.0 Å². The maximum absolute atomic E-state index is 12.0. The lowest BCUT2D eigenvalue weighted by Crippen LogP contribution is -2.10. The van der Waals surface area contributed by atoms with Crippen LogP contribution < -0.4 is 0 Å². The lowest BCUT2D eigenvalue weighted by molar-refractivity contribution is -0.140. The van der Waals surface area contributed by atoms with Crippen molar-refractivity contribution in [3.63, 3.8) is 0 Å². The number of aliphatic hydroxyl groups excluding tert-OH is 1. The number of halogens is 4. The van der Waals surface area contributed by atoms with Gasteiger partial charge in [0.1, 0.15) is 0 Å². The average Bonchev–Trinajstić information content (AvgIpc) is 2.17. The third kappa shape index (κ3) is 4.14. The van der Waals surface area contributed by atoms with Gasteiger partial charge in [-0.25, -0.2) is 0 Å². The van der Waals surface area contributed by atoms with E-state index in [1.54, 1.807) is 18.2 Å². The van der Waals surface area contributed by atoms with Crippen LogP contribution in [-0.2, 0) is 0 Å². The fourth-order valence-electron chi connectivity index (χ4n) is 1.34. The molecule has 5 heteroatoms. The second-order valence-electron chi connectivity index (χ2n) is 3.68. The van der Waals surface area contributed by atoms with Crippen LogP contribution in [0.25, 0.3) is 0 Å². The van der Waals surface area contributed by atoms with Crippen molar-refractivity contribution in [3.05, 3.63) is 33.8 Å². The standard InChI is InChI=1S/C11H12BrF3O/c1-7-6-8(2-3-9(7)12)10(16)4-5-11(13,14)15/h2-3,6,10,16H,4-5H2,1H3. The van der Waals surface area contributed by atoms with Crippen LogP contribution in [0.15, 0.2) is 22.7 Å². The highest BCUT2D eigenvalue weighted by molar-refractivity contribution is 9.10. The molecule has 0 radical (unpaired) electrons. The Morgan fingerprint density at radius 3 is 2.50 bits per heavy atom. The lowest BCUT2D eigenvalue weighted by atomic mass is 10.0.